The molecule has 0 N–H and O–H groups in total. The zero-order chi connectivity index (χ0) is 15.6. The first-order chi connectivity index (χ1) is 11.3. The molecule has 2 aromatic rings. The van der Waals surface area contributed by atoms with Gasteiger partial charge in [-0.2, -0.15) is 0 Å². The summed E-state index contributed by atoms with van der Waals surface area (Å²) in [6, 6.07) is 8.27. The van der Waals surface area contributed by atoms with Crippen LogP contribution in [0.2, 0.25) is 0 Å². The van der Waals surface area contributed by atoms with Crippen LogP contribution in [-0.2, 0) is 6.54 Å². The van der Waals surface area contributed by atoms with Crippen LogP contribution in [0.5, 0.6) is 5.75 Å². The van der Waals surface area contributed by atoms with Crippen LogP contribution in [0.25, 0.3) is 0 Å². The fraction of sp³-hybridized carbons (Fsp3) is 0.529. The molecule has 1 saturated heterocycles. The minimum absolute atomic E-state index is 0.531. The third-order valence-electron chi connectivity index (χ3n) is 4.58. The van der Waals surface area contributed by atoms with E-state index in [0.29, 0.717) is 5.92 Å². The van der Waals surface area contributed by atoms with Crippen LogP contribution >= 0.6 is 0 Å². The summed E-state index contributed by atoms with van der Waals surface area (Å²) in [5.74, 6) is 3.01. The van der Waals surface area contributed by atoms with E-state index in [9.17, 15) is 0 Å². The SMILES string of the molecule is COc1ccc(N2CCN(Cc3nnc(C4CC4)o3)CC2)cc1. The third-order valence-corrected chi connectivity index (χ3v) is 4.58. The lowest BCUT2D eigenvalue weighted by Gasteiger charge is -2.35. The van der Waals surface area contributed by atoms with Gasteiger partial charge in [0.25, 0.3) is 0 Å². The van der Waals surface area contributed by atoms with Gasteiger partial charge in [-0.25, -0.2) is 0 Å². The van der Waals surface area contributed by atoms with Gasteiger partial charge in [0.15, 0.2) is 0 Å². The summed E-state index contributed by atoms with van der Waals surface area (Å²) in [7, 11) is 1.69. The Balaban J connectivity index is 1.31. The Morgan fingerprint density at radius 1 is 1.09 bits per heavy atom. The summed E-state index contributed by atoms with van der Waals surface area (Å²) in [6.07, 6.45) is 2.39. The minimum Gasteiger partial charge on any atom is -0.497 e. The highest BCUT2D eigenvalue weighted by Crippen LogP contribution is 2.39. The lowest BCUT2D eigenvalue weighted by molar-refractivity contribution is 0.224. The molecule has 2 fully saturated rings. The molecule has 0 spiro atoms. The molecule has 1 aromatic heterocycles. The maximum Gasteiger partial charge on any atom is 0.230 e. The Kier molecular flexibility index (Phi) is 3.91. The normalized spacial score (nSPS) is 19.1. The van der Waals surface area contributed by atoms with Gasteiger partial charge in [0.1, 0.15) is 5.75 Å². The molecule has 0 unspecified atom stereocenters. The molecule has 0 atom stereocenters. The molecular formula is C17H22N4O2. The van der Waals surface area contributed by atoms with Gasteiger partial charge >= 0.3 is 0 Å². The van der Waals surface area contributed by atoms with Crippen molar-refractivity contribution in [2.24, 2.45) is 0 Å². The molecular weight excluding hydrogens is 292 g/mol. The molecule has 0 bridgehead atoms. The molecule has 2 aliphatic rings. The molecule has 1 aromatic carbocycles. The molecule has 1 aliphatic carbocycles. The Morgan fingerprint density at radius 3 is 2.48 bits per heavy atom. The van der Waals surface area contributed by atoms with Crippen LogP contribution in [-0.4, -0.2) is 48.4 Å². The number of benzene rings is 1. The van der Waals surface area contributed by atoms with Crippen LogP contribution in [0.4, 0.5) is 5.69 Å². The maximum absolute atomic E-state index is 5.76. The van der Waals surface area contributed by atoms with E-state index in [1.165, 1.54) is 18.5 Å². The smallest absolute Gasteiger partial charge is 0.230 e. The molecule has 122 valence electrons. The summed E-state index contributed by atoms with van der Waals surface area (Å²) in [5.41, 5.74) is 1.25. The second-order valence-electron chi connectivity index (χ2n) is 6.27. The predicted molar refractivity (Wildman–Crippen MR) is 86.8 cm³/mol. The minimum atomic E-state index is 0.531. The fourth-order valence-electron chi connectivity index (χ4n) is 2.97. The third kappa shape index (κ3) is 3.32. The Bertz CT molecular complexity index is 643. The number of hydrogen-bond donors (Lipinski definition) is 0. The van der Waals surface area contributed by atoms with Gasteiger partial charge in [0.05, 0.1) is 13.7 Å². The molecule has 23 heavy (non-hydrogen) atoms. The van der Waals surface area contributed by atoms with Crippen molar-refractivity contribution in [1.29, 1.82) is 0 Å². The van der Waals surface area contributed by atoms with Crippen molar-refractivity contribution in [3.05, 3.63) is 36.0 Å². The highest BCUT2D eigenvalue weighted by Gasteiger charge is 2.29. The highest BCUT2D eigenvalue weighted by atomic mass is 16.5. The Morgan fingerprint density at radius 2 is 1.83 bits per heavy atom. The van der Waals surface area contributed by atoms with E-state index >= 15 is 0 Å². The van der Waals surface area contributed by atoms with Crippen LogP contribution in [0.3, 0.4) is 0 Å². The van der Waals surface area contributed by atoms with Gasteiger partial charge in [0, 0.05) is 37.8 Å². The van der Waals surface area contributed by atoms with E-state index in [-0.39, 0.29) is 0 Å². The molecule has 0 amide bonds. The highest BCUT2D eigenvalue weighted by molar-refractivity contribution is 5.49. The number of rotatable bonds is 5. The van der Waals surface area contributed by atoms with E-state index in [4.69, 9.17) is 9.15 Å². The van der Waals surface area contributed by atoms with Gasteiger partial charge in [-0.1, -0.05) is 0 Å². The number of nitrogens with zero attached hydrogens (tertiary/aromatic N) is 4. The van der Waals surface area contributed by atoms with Crippen LogP contribution in [0.1, 0.15) is 30.5 Å². The standard InChI is InChI=1S/C17H22N4O2/c1-22-15-6-4-14(5-7-15)21-10-8-20(9-11-21)12-16-18-19-17(23-16)13-2-3-13/h4-7,13H,2-3,8-12H2,1H3. The average molecular weight is 314 g/mol. The average Bonchev–Trinajstić information content (AvgIpc) is 3.36. The molecule has 1 aliphatic heterocycles. The molecule has 4 rings (SSSR count). The topological polar surface area (TPSA) is 54.6 Å². The zero-order valence-corrected chi connectivity index (χ0v) is 13.4. The number of hydrogen-bond acceptors (Lipinski definition) is 6. The summed E-state index contributed by atoms with van der Waals surface area (Å²) < 4.78 is 11.0. The van der Waals surface area contributed by atoms with Crippen molar-refractivity contribution in [2.45, 2.75) is 25.3 Å². The molecule has 6 heteroatoms. The van der Waals surface area contributed by atoms with Crippen molar-refractivity contribution < 1.29 is 9.15 Å². The number of aromatic nitrogens is 2. The fourth-order valence-corrected chi connectivity index (χ4v) is 2.97. The summed E-state index contributed by atoms with van der Waals surface area (Å²) >= 11 is 0. The maximum atomic E-state index is 5.76. The van der Waals surface area contributed by atoms with Gasteiger partial charge < -0.3 is 14.1 Å². The number of anilines is 1. The second kappa shape index (κ2) is 6.20. The van der Waals surface area contributed by atoms with Crippen LogP contribution < -0.4 is 9.64 Å². The van der Waals surface area contributed by atoms with Crippen LogP contribution in [0.15, 0.2) is 28.7 Å². The van der Waals surface area contributed by atoms with Crippen molar-refractivity contribution in [3.63, 3.8) is 0 Å². The Hall–Kier alpha value is -2.08. The summed E-state index contributed by atoms with van der Waals surface area (Å²) in [4.78, 5) is 4.78. The van der Waals surface area contributed by atoms with E-state index < -0.39 is 0 Å². The molecule has 6 nitrogen and oxygen atoms in total. The Labute approximate surface area is 136 Å². The monoisotopic (exact) mass is 314 g/mol. The number of piperazine rings is 1. The molecule has 2 heterocycles. The van der Waals surface area contributed by atoms with Gasteiger partial charge in [0.2, 0.25) is 11.8 Å². The van der Waals surface area contributed by atoms with Crippen molar-refractivity contribution in [3.8, 4) is 5.75 Å². The lowest BCUT2D eigenvalue weighted by Crippen LogP contribution is -2.46. The lowest BCUT2D eigenvalue weighted by atomic mass is 10.2. The molecule has 1 saturated carbocycles. The van der Waals surface area contributed by atoms with E-state index in [1.54, 1.807) is 7.11 Å². The first-order valence-electron chi connectivity index (χ1n) is 8.25. The molecule has 0 radical (unpaired) electrons. The predicted octanol–water partition coefficient (Wildman–Crippen LogP) is 2.28. The van der Waals surface area contributed by atoms with Crippen molar-refractivity contribution in [1.82, 2.24) is 15.1 Å². The van der Waals surface area contributed by atoms with E-state index in [1.807, 2.05) is 12.1 Å². The number of methoxy groups -OCH3 is 1. The van der Waals surface area contributed by atoms with Gasteiger partial charge in [-0.3, -0.25) is 4.90 Å². The second-order valence-corrected chi connectivity index (χ2v) is 6.27. The summed E-state index contributed by atoms with van der Waals surface area (Å²) in [5, 5.41) is 8.34. The first-order valence-corrected chi connectivity index (χ1v) is 8.25. The quantitative estimate of drug-likeness (QED) is 0.844. The largest absolute Gasteiger partial charge is 0.497 e. The van der Waals surface area contributed by atoms with Gasteiger partial charge in [-0.15, -0.1) is 10.2 Å². The van der Waals surface area contributed by atoms with Crippen molar-refractivity contribution >= 4 is 5.69 Å². The van der Waals surface area contributed by atoms with E-state index in [2.05, 4.69) is 32.1 Å². The van der Waals surface area contributed by atoms with Gasteiger partial charge in [-0.05, 0) is 37.1 Å². The first kappa shape index (κ1) is 14.5. The van der Waals surface area contributed by atoms with E-state index in [0.717, 1.165) is 50.3 Å². The van der Waals surface area contributed by atoms with Crippen LogP contribution in [0, 0.1) is 0 Å². The number of ether oxygens (including phenoxy) is 1. The zero-order valence-electron chi connectivity index (χ0n) is 13.4. The summed E-state index contributed by atoms with van der Waals surface area (Å²) in [6.45, 7) is 4.79. The van der Waals surface area contributed by atoms with Crippen molar-refractivity contribution in [2.75, 3.05) is 38.2 Å².